The van der Waals surface area contributed by atoms with Gasteiger partial charge in [0, 0.05) is 17.5 Å². The van der Waals surface area contributed by atoms with Gasteiger partial charge in [0.15, 0.2) is 0 Å². The van der Waals surface area contributed by atoms with Gasteiger partial charge in [0.25, 0.3) is 0 Å². The largest absolute Gasteiger partial charge is 0.493 e. The molecule has 1 aliphatic heterocycles. The van der Waals surface area contributed by atoms with Gasteiger partial charge in [-0.1, -0.05) is 59.7 Å². The summed E-state index contributed by atoms with van der Waals surface area (Å²) < 4.78 is 12.4. The minimum atomic E-state index is 0.662. The summed E-state index contributed by atoms with van der Waals surface area (Å²) in [4.78, 5) is 0. The lowest BCUT2D eigenvalue weighted by molar-refractivity contribution is 0.252. The Bertz CT molecular complexity index is 1080. The molecule has 2 nitrogen and oxygen atoms in total. The number of hydrogen-bond donors (Lipinski definition) is 0. The molecule has 5 rings (SSSR count). The maximum Gasteiger partial charge on any atom is 0.127 e. The third-order valence-electron chi connectivity index (χ3n) is 5.33. The van der Waals surface area contributed by atoms with Crippen molar-refractivity contribution in [3.8, 4) is 22.6 Å². The lowest BCUT2D eigenvalue weighted by Crippen LogP contribution is -2.03. The molecule has 27 heavy (non-hydrogen) atoms. The molecule has 4 aromatic rings. The van der Waals surface area contributed by atoms with Crippen LogP contribution in [-0.2, 0) is 0 Å². The van der Waals surface area contributed by atoms with E-state index in [0.717, 1.165) is 29.0 Å². The number of benzene rings is 4. The molecule has 1 heterocycles. The van der Waals surface area contributed by atoms with E-state index in [0.29, 0.717) is 13.2 Å². The van der Waals surface area contributed by atoms with Crippen molar-refractivity contribution < 1.29 is 9.47 Å². The Morgan fingerprint density at radius 2 is 1.07 bits per heavy atom. The fourth-order valence-corrected chi connectivity index (χ4v) is 4.04. The maximum atomic E-state index is 6.20. The predicted molar refractivity (Wildman–Crippen MR) is 112 cm³/mol. The predicted octanol–water partition coefficient (Wildman–Crippen LogP) is 6.44. The van der Waals surface area contributed by atoms with Gasteiger partial charge >= 0.3 is 0 Å². The molecular weight excluding hydrogens is 332 g/mol. The van der Waals surface area contributed by atoms with Crippen LogP contribution >= 0.6 is 0 Å². The summed E-state index contributed by atoms with van der Waals surface area (Å²) in [6, 6.07) is 21.8. The summed E-state index contributed by atoms with van der Waals surface area (Å²) in [5, 5.41) is 4.87. The molecule has 0 unspecified atom stereocenters. The van der Waals surface area contributed by atoms with Crippen LogP contribution in [0.3, 0.4) is 0 Å². The lowest BCUT2D eigenvalue weighted by Gasteiger charge is -2.18. The first-order valence-corrected chi connectivity index (χ1v) is 9.53. The maximum absolute atomic E-state index is 6.20. The topological polar surface area (TPSA) is 18.5 Å². The van der Waals surface area contributed by atoms with Crippen LogP contribution in [0, 0.1) is 13.8 Å². The minimum Gasteiger partial charge on any atom is -0.493 e. The Labute approximate surface area is 159 Å². The summed E-state index contributed by atoms with van der Waals surface area (Å²) in [7, 11) is 0. The van der Waals surface area contributed by atoms with Gasteiger partial charge in [-0.05, 0) is 47.5 Å². The molecule has 134 valence electrons. The molecule has 0 fully saturated rings. The van der Waals surface area contributed by atoms with Crippen molar-refractivity contribution in [1.82, 2.24) is 0 Å². The van der Waals surface area contributed by atoms with E-state index in [4.69, 9.17) is 9.47 Å². The van der Waals surface area contributed by atoms with Crippen molar-refractivity contribution in [2.24, 2.45) is 0 Å². The fraction of sp³-hybridized carbons (Fsp3) is 0.200. The summed E-state index contributed by atoms with van der Waals surface area (Å²) in [6.07, 6.45) is 0.872. The zero-order valence-electron chi connectivity index (χ0n) is 15.7. The second kappa shape index (κ2) is 6.31. The average molecular weight is 354 g/mol. The van der Waals surface area contributed by atoms with E-state index in [1.54, 1.807) is 0 Å². The van der Waals surface area contributed by atoms with Gasteiger partial charge in [-0.15, -0.1) is 0 Å². The quantitative estimate of drug-likeness (QED) is 0.362. The van der Waals surface area contributed by atoms with Gasteiger partial charge in [0.1, 0.15) is 11.5 Å². The van der Waals surface area contributed by atoms with Crippen molar-refractivity contribution in [3.63, 3.8) is 0 Å². The van der Waals surface area contributed by atoms with E-state index in [9.17, 15) is 0 Å². The zero-order chi connectivity index (χ0) is 18.4. The average Bonchev–Trinajstić information content (AvgIpc) is 2.76. The number of hydrogen-bond acceptors (Lipinski definition) is 2. The Balaban J connectivity index is 1.94. The van der Waals surface area contributed by atoms with Gasteiger partial charge in [-0.25, -0.2) is 0 Å². The van der Waals surface area contributed by atoms with Crippen molar-refractivity contribution in [3.05, 3.63) is 71.8 Å². The Morgan fingerprint density at radius 3 is 1.56 bits per heavy atom. The van der Waals surface area contributed by atoms with Gasteiger partial charge in [-0.3, -0.25) is 0 Å². The minimum absolute atomic E-state index is 0.662. The van der Waals surface area contributed by atoms with E-state index < -0.39 is 0 Å². The van der Waals surface area contributed by atoms with Crippen molar-refractivity contribution in [2.75, 3.05) is 13.2 Å². The molecule has 2 heteroatoms. The van der Waals surface area contributed by atoms with Crippen LogP contribution in [0.5, 0.6) is 11.5 Å². The van der Waals surface area contributed by atoms with Crippen molar-refractivity contribution in [1.29, 1.82) is 0 Å². The normalized spacial score (nSPS) is 13.7. The summed E-state index contributed by atoms with van der Waals surface area (Å²) in [5.41, 5.74) is 4.80. The van der Waals surface area contributed by atoms with Gasteiger partial charge in [0.05, 0.1) is 13.2 Å². The molecule has 1 aliphatic rings. The lowest BCUT2D eigenvalue weighted by atomic mass is 9.91. The monoisotopic (exact) mass is 354 g/mol. The molecule has 0 atom stereocenters. The molecule has 0 spiro atoms. The van der Waals surface area contributed by atoms with Gasteiger partial charge < -0.3 is 9.47 Å². The van der Waals surface area contributed by atoms with Crippen LogP contribution in [0.25, 0.3) is 32.7 Å². The molecule has 0 aromatic heterocycles. The number of rotatable bonds is 0. The van der Waals surface area contributed by atoms with Crippen LogP contribution in [-0.4, -0.2) is 13.2 Å². The SMILES string of the molecule is Cc1ccc2c3c(ccc2c1)OCCCOc1ccc2cc(C)ccc2c1-3. The highest BCUT2D eigenvalue weighted by molar-refractivity contribution is 6.10. The summed E-state index contributed by atoms with van der Waals surface area (Å²) >= 11 is 0. The Kier molecular flexibility index (Phi) is 3.78. The Morgan fingerprint density at radius 1 is 0.593 bits per heavy atom. The standard InChI is InChI=1S/C25H22O2/c1-16-4-8-20-18(14-16)6-10-22-24(20)25-21-9-5-17(2)15-19(21)7-11-23(25)27-13-3-12-26-22/h4-11,14-15H,3,12-13H2,1-2H3. The molecule has 0 amide bonds. The van der Waals surface area contributed by atoms with Crippen molar-refractivity contribution >= 4 is 21.5 Å². The van der Waals surface area contributed by atoms with E-state index in [1.807, 2.05) is 0 Å². The van der Waals surface area contributed by atoms with Crippen LogP contribution in [0.1, 0.15) is 17.5 Å². The van der Waals surface area contributed by atoms with E-state index in [1.165, 1.54) is 32.7 Å². The molecule has 0 saturated heterocycles. The molecule has 0 aliphatic carbocycles. The number of aryl methyl sites for hydroxylation is 2. The zero-order valence-corrected chi connectivity index (χ0v) is 15.7. The first kappa shape index (κ1) is 16.2. The number of fused-ring (bicyclic) bond motifs is 7. The van der Waals surface area contributed by atoms with Gasteiger partial charge in [-0.2, -0.15) is 0 Å². The molecule has 0 N–H and O–H groups in total. The highest BCUT2D eigenvalue weighted by Gasteiger charge is 2.20. The van der Waals surface area contributed by atoms with Crippen LogP contribution in [0.2, 0.25) is 0 Å². The molecular formula is C25H22O2. The molecule has 0 bridgehead atoms. The Hall–Kier alpha value is -3.00. The smallest absolute Gasteiger partial charge is 0.127 e. The third kappa shape index (κ3) is 2.73. The molecule has 0 radical (unpaired) electrons. The highest BCUT2D eigenvalue weighted by atomic mass is 16.5. The van der Waals surface area contributed by atoms with Crippen LogP contribution in [0.15, 0.2) is 60.7 Å². The first-order valence-electron chi connectivity index (χ1n) is 9.53. The third-order valence-corrected chi connectivity index (χ3v) is 5.33. The van der Waals surface area contributed by atoms with E-state index in [-0.39, 0.29) is 0 Å². The second-order valence-corrected chi connectivity index (χ2v) is 7.38. The fourth-order valence-electron chi connectivity index (χ4n) is 4.04. The first-order chi connectivity index (χ1) is 13.2. The summed E-state index contributed by atoms with van der Waals surface area (Å²) in [5.74, 6) is 1.87. The summed E-state index contributed by atoms with van der Waals surface area (Å²) in [6.45, 7) is 5.59. The van der Waals surface area contributed by atoms with Gasteiger partial charge in [0.2, 0.25) is 0 Å². The highest BCUT2D eigenvalue weighted by Crippen LogP contribution is 2.46. The van der Waals surface area contributed by atoms with Crippen molar-refractivity contribution in [2.45, 2.75) is 20.3 Å². The van der Waals surface area contributed by atoms with Crippen LogP contribution in [0.4, 0.5) is 0 Å². The second-order valence-electron chi connectivity index (χ2n) is 7.38. The van der Waals surface area contributed by atoms with Crippen LogP contribution < -0.4 is 9.47 Å². The molecule has 4 aromatic carbocycles. The number of ether oxygens (including phenoxy) is 2. The van der Waals surface area contributed by atoms with E-state index in [2.05, 4.69) is 74.5 Å². The molecule has 0 saturated carbocycles. The van der Waals surface area contributed by atoms with E-state index >= 15 is 0 Å².